The molecule has 0 saturated carbocycles. The molecule has 0 aliphatic rings. The number of carboxylic acid groups (broad SMARTS) is 1. The standard InChI is InChI=1S/C9H11NO4S/c1-5(8(11)10-2)15-7-4-3-6(14-7)9(12)13/h3-5H,1-2H3,(H,10,11)(H,12,13). The molecular weight excluding hydrogens is 218 g/mol. The largest absolute Gasteiger partial charge is 0.475 e. The first-order valence-electron chi connectivity index (χ1n) is 4.26. The summed E-state index contributed by atoms with van der Waals surface area (Å²) in [5.41, 5.74) is 0. The van der Waals surface area contributed by atoms with Crippen molar-refractivity contribution in [3.05, 3.63) is 17.9 Å². The van der Waals surface area contributed by atoms with Crippen molar-refractivity contribution in [1.82, 2.24) is 5.32 Å². The van der Waals surface area contributed by atoms with Gasteiger partial charge in [-0.2, -0.15) is 0 Å². The van der Waals surface area contributed by atoms with Crippen molar-refractivity contribution in [3.8, 4) is 0 Å². The van der Waals surface area contributed by atoms with Gasteiger partial charge >= 0.3 is 5.97 Å². The quantitative estimate of drug-likeness (QED) is 0.758. The Labute approximate surface area is 90.8 Å². The van der Waals surface area contributed by atoms with Crippen LogP contribution >= 0.6 is 11.8 Å². The molecule has 1 rings (SSSR count). The maximum atomic E-state index is 11.2. The van der Waals surface area contributed by atoms with E-state index in [4.69, 9.17) is 9.52 Å². The highest BCUT2D eigenvalue weighted by Crippen LogP contribution is 2.25. The molecule has 0 saturated heterocycles. The van der Waals surface area contributed by atoms with Crippen molar-refractivity contribution in [2.45, 2.75) is 17.3 Å². The van der Waals surface area contributed by atoms with E-state index in [9.17, 15) is 9.59 Å². The minimum absolute atomic E-state index is 0.124. The summed E-state index contributed by atoms with van der Waals surface area (Å²) in [5.74, 6) is -1.37. The van der Waals surface area contributed by atoms with Crippen LogP contribution in [0.2, 0.25) is 0 Å². The number of aromatic carboxylic acids is 1. The second kappa shape index (κ2) is 4.88. The molecule has 5 nitrogen and oxygen atoms in total. The van der Waals surface area contributed by atoms with E-state index in [-0.39, 0.29) is 16.9 Å². The summed E-state index contributed by atoms with van der Waals surface area (Å²) in [6.45, 7) is 1.71. The summed E-state index contributed by atoms with van der Waals surface area (Å²) in [4.78, 5) is 21.7. The van der Waals surface area contributed by atoms with E-state index >= 15 is 0 Å². The Morgan fingerprint density at radius 3 is 2.67 bits per heavy atom. The molecule has 6 heteroatoms. The Bertz CT molecular complexity index is 374. The van der Waals surface area contributed by atoms with E-state index in [0.717, 1.165) is 0 Å². The molecule has 1 aromatic heterocycles. The van der Waals surface area contributed by atoms with E-state index in [1.807, 2.05) is 0 Å². The maximum Gasteiger partial charge on any atom is 0.371 e. The van der Waals surface area contributed by atoms with Crippen molar-refractivity contribution in [3.63, 3.8) is 0 Å². The normalized spacial score (nSPS) is 12.1. The Hall–Kier alpha value is -1.43. The van der Waals surface area contributed by atoms with E-state index in [1.54, 1.807) is 14.0 Å². The Morgan fingerprint density at radius 1 is 1.53 bits per heavy atom. The molecule has 1 unspecified atom stereocenters. The number of hydrogen-bond acceptors (Lipinski definition) is 4. The summed E-state index contributed by atoms with van der Waals surface area (Å²) in [5, 5.41) is 11.2. The lowest BCUT2D eigenvalue weighted by atomic mass is 10.4. The predicted octanol–water partition coefficient (Wildman–Crippen LogP) is 1.20. The molecule has 82 valence electrons. The highest BCUT2D eigenvalue weighted by molar-refractivity contribution is 8.00. The van der Waals surface area contributed by atoms with Gasteiger partial charge in [-0.25, -0.2) is 4.79 Å². The molecule has 1 aromatic rings. The second-order valence-electron chi connectivity index (χ2n) is 2.80. The van der Waals surface area contributed by atoms with Gasteiger partial charge in [-0.15, -0.1) is 0 Å². The van der Waals surface area contributed by atoms with Gasteiger partial charge in [-0.05, 0) is 19.1 Å². The molecule has 0 radical (unpaired) electrons. The van der Waals surface area contributed by atoms with Gasteiger partial charge in [0, 0.05) is 7.05 Å². The number of furan rings is 1. The molecule has 1 atom stereocenters. The summed E-state index contributed by atoms with van der Waals surface area (Å²) in [6, 6.07) is 2.90. The van der Waals surface area contributed by atoms with Crippen LogP contribution in [0.3, 0.4) is 0 Å². The minimum atomic E-state index is -1.12. The van der Waals surface area contributed by atoms with Gasteiger partial charge in [0.25, 0.3) is 0 Å². The molecule has 0 aromatic carbocycles. The van der Waals surface area contributed by atoms with Gasteiger partial charge in [0.2, 0.25) is 11.7 Å². The number of carboxylic acids is 1. The molecular formula is C9H11NO4S. The molecule has 2 N–H and O–H groups in total. The lowest BCUT2D eigenvalue weighted by Crippen LogP contribution is -2.26. The van der Waals surface area contributed by atoms with Crippen molar-refractivity contribution in [1.29, 1.82) is 0 Å². The smallest absolute Gasteiger partial charge is 0.371 e. The molecule has 0 aliphatic heterocycles. The Morgan fingerprint density at radius 2 is 2.20 bits per heavy atom. The van der Waals surface area contributed by atoms with Crippen LogP contribution in [0.4, 0.5) is 0 Å². The number of thioether (sulfide) groups is 1. The van der Waals surface area contributed by atoms with Crippen LogP contribution in [0.15, 0.2) is 21.6 Å². The van der Waals surface area contributed by atoms with Crippen LogP contribution in [0, 0.1) is 0 Å². The zero-order valence-corrected chi connectivity index (χ0v) is 9.13. The first kappa shape index (κ1) is 11.6. The highest BCUT2D eigenvalue weighted by Gasteiger charge is 2.16. The lowest BCUT2D eigenvalue weighted by molar-refractivity contribution is -0.119. The average Bonchev–Trinajstić information content (AvgIpc) is 2.65. The van der Waals surface area contributed by atoms with Gasteiger partial charge in [0.1, 0.15) is 0 Å². The minimum Gasteiger partial charge on any atom is -0.475 e. The molecule has 0 aliphatic carbocycles. The van der Waals surface area contributed by atoms with E-state index in [1.165, 1.54) is 23.9 Å². The fourth-order valence-corrected chi connectivity index (χ4v) is 1.79. The molecule has 1 heterocycles. The van der Waals surface area contributed by atoms with Gasteiger partial charge in [0.05, 0.1) is 5.25 Å². The third kappa shape index (κ3) is 3.02. The van der Waals surface area contributed by atoms with Crippen molar-refractivity contribution < 1.29 is 19.1 Å². The first-order valence-corrected chi connectivity index (χ1v) is 5.14. The van der Waals surface area contributed by atoms with E-state index in [0.29, 0.717) is 5.09 Å². The van der Waals surface area contributed by atoms with Gasteiger partial charge in [-0.3, -0.25) is 4.79 Å². The predicted molar refractivity (Wildman–Crippen MR) is 55.1 cm³/mol. The van der Waals surface area contributed by atoms with E-state index in [2.05, 4.69) is 5.32 Å². The van der Waals surface area contributed by atoms with Crippen LogP contribution in [-0.4, -0.2) is 29.3 Å². The molecule has 0 spiro atoms. The van der Waals surface area contributed by atoms with E-state index < -0.39 is 5.97 Å². The maximum absolute atomic E-state index is 11.2. The van der Waals surface area contributed by atoms with Gasteiger partial charge in [-0.1, -0.05) is 11.8 Å². The zero-order valence-electron chi connectivity index (χ0n) is 8.31. The van der Waals surface area contributed by atoms with Gasteiger partial charge < -0.3 is 14.8 Å². The lowest BCUT2D eigenvalue weighted by Gasteiger charge is -2.06. The first-order chi connectivity index (χ1) is 7.04. The third-order valence-electron chi connectivity index (χ3n) is 1.70. The van der Waals surface area contributed by atoms with Crippen LogP contribution < -0.4 is 5.32 Å². The monoisotopic (exact) mass is 229 g/mol. The van der Waals surface area contributed by atoms with Crippen molar-refractivity contribution in [2.24, 2.45) is 0 Å². The third-order valence-corrected chi connectivity index (χ3v) is 2.72. The molecule has 1 amide bonds. The zero-order chi connectivity index (χ0) is 11.4. The number of hydrogen-bond donors (Lipinski definition) is 2. The second-order valence-corrected chi connectivity index (χ2v) is 4.14. The SMILES string of the molecule is CNC(=O)C(C)Sc1ccc(C(=O)O)o1. The molecule has 0 fully saturated rings. The summed E-state index contributed by atoms with van der Waals surface area (Å²) < 4.78 is 4.99. The number of carbonyl (C=O) groups excluding carboxylic acids is 1. The van der Waals surface area contributed by atoms with Crippen LogP contribution in [0.1, 0.15) is 17.5 Å². The summed E-state index contributed by atoms with van der Waals surface area (Å²) in [6.07, 6.45) is 0. The number of amides is 1. The van der Waals surface area contributed by atoms with Crippen LogP contribution in [0.25, 0.3) is 0 Å². The summed E-state index contributed by atoms with van der Waals surface area (Å²) >= 11 is 1.17. The topological polar surface area (TPSA) is 79.5 Å². The number of carbonyl (C=O) groups is 2. The van der Waals surface area contributed by atoms with Crippen molar-refractivity contribution in [2.75, 3.05) is 7.05 Å². The summed E-state index contributed by atoms with van der Waals surface area (Å²) in [7, 11) is 1.55. The Balaban J connectivity index is 2.65. The fourth-order valence-electron chi connectivity index (χ4n) is 0.929. The molecule has 0 bridgehead atoms. The average molecular weight is 229 g/mol. The Kier molecular flexibility index (Phi) is 3.79. The molecule has 15 heavy (non-hydrogen) atoms. The highest BCUT2D eigenvalue weighted by atomic mass is 32.2. The number of nitrogens with one attached hydrogen (secondary N) is 1. The van der Waals surface area contributed by atoms with Gasteiger partial charge in [0.15, 0.2) is 5.09 Å². The number of rotatable bonds is 4. The van der Waals surface area contributed by atoms with Crippen LogP contribution in [-0.2, 0) is 4.79 Å². The van der Waals surface area contributed by atoms with Crippen LogP contribution in [0.5, 0.6) is 0 Å². The van der Waals surface area contributed by atoms with Crippen molar-refractivity contribution >= 4 is 23.6 Å². The fraction of sp³-hybridized carbons (Fsp3) is 0.333.